The molecular formula is C18H20N2O4. The van der Waals surface area contributed by atoms with Crippen molar-refractivity contribution in [3.63, 3.8) is 0 Å². The minimum absolute atomic E-state index is 0.0547. The lowest BCUT2D eigenvalue weighted by Crippen LogP contribution is -2.41. The van der Waals surface area contributed by atoms with Gasteiger partial charge >= 0.3 is 0 Å². The fourth-order valence-corrected chi connectivity index (χ4v) is 2.96. The van der Waals surface area contributed by atoms with Crippen LogP contribution in [0, 0.1) is 13.8 Å². The second kappa shape index (κ2) is 6.39. The van der Waals surface area contributed by atoms with Crippen molar-refractivity contribution < 1.29 is 19.1 Å². The van der Waals surface area contributed by atoms with Gasteiger partial charge in [0.25, 0.3) is 5.91 Å². The summed E-state index contributed by atoms with van der Waals surface area (Å²) in [6.07, 6.45) is -0.257. The Morgan fingerprint density at radius 1 is 1.25 bits per heavy atom. The number of para-hydroxylation sites is 2. The monoisotopic (exact) mass is 328 g/mol. The number of carbonyl (C=O) groups is 2. The molecule has 1 aliphatic heterocycles. The fourth-order valence-electron chi connectivity index (χ4n) is 2.96. The molecular weight excluding hydrogens is 308 g/mol. The molecule has 0 bridgehead atoms. The molecule has 6 heteroatoms. The van der Waals surface area contributed by atoms with Crippen molar-refractivity contribution in [2.75, 3.05) is 13.2 Å². The maximum Gasteiger partial charge on any atom is 0.268 e. The summed E-state index contributed by atoms with van der Waals surface area (Å²) < 4.78 is 11.4. The maximum absolute atomic E-state index is 12.4. The van der Waals surface area contributed by atoms with Gasteiger partial charge in [-0.05, 0) is 38.5 Å². The summed E-state index contributed by atoms with van der Waals surface area (Å²) in [7, 11) is 0. The van der Waals surface area contributed by atoms with Gasteiger partial charge in [0.05, 0.1) is 6.54 Å². The number of aromatic amines is 1. The van der Waals surface area contributed by atoms with Crippen molar-refractivity contribution in [2.24, 2.45) is 0 Å². The molecule has 0 aliphatic carbocycles. The SMILES string of the molecule is CC(=O)c1c(C)[nH]c(C(=O)NC[C@@H]2COc3ccccc3O2)c1C. The van der Waals surface area contributed by atoms with E-state index in [9.17, 15) is 9.59 Å². The van der Waals surface area contributed by atoms with Crippen molar-refractivity contribution in [2.45, 2.75) is 26.9 Å². The van der Waals surface area contributed by atoms with Gasteiger partial charge in [0, 0.05) is 11.3 Å². The van der Waals surface area contributed by atoms with Crippen molar-refractivity contribution in [1.29, 1.82) is 0 Å². The summed E-state index contributed by atoms with van der Waals surface area (Å²) in [5.41, 5.74) is 2.36. The molecule has 1 amide bonds. The number of rotatable bonds is 4. The zero-order valence-electron chi connectivity index (χ0n) is 13.9. The molecule has 6 nitrogen and oxygen atoms in total. The predicted molar refractivity (Wildman–Crippen MR) is 89.0 cm³/mol. The number of ether oxygens (including phenoxy) is 2. The zero-order valence-corrected chi connectivity index (χ0v) is 13.9. The van der Waals surface area contributed by atoms with E-state index in [-0.39, 0.29) is 17.8 Å². The number of amides is 1. The lowest BCUT2D eigenvalue weighted by Gasteiger charge is -2.26. The van der Waals surface area contributed by atoms with Crippen molar-refractivity contribution in [1.82, 2.24) is 10.3 Å². The maximum atomic E-state index is 12.4. The number of hydrogen-bond acceptors (Lipinski definition) is 4. The number of carbonyl (C=O) groups excluding carboxylic acids is 2. The van der Waals surface area contributed by atoms with Gasteiger partial charge in [0.1, 0.15) is 18.4 Å². The molecule has 0 unspecified atom stereocenters. The number of fused-ring (bicyclic) bond motifs is 1. The molecule has 0 radical (unpaired) electrons. The third kappa shape index (κ3) is 2.99. The first-order chi connectivity index (χ1) is 11.5. The summed E-state index contributed by atoms with van der Waals surface area (Å²) in [6, 6.07) is 7.43. The molecule has 0 fully saturated rings. The molecule has 3 rings (SSSR count). The molecule has 0 saturated heterocycles. The van der Waals surface area contributed by atoms with Gasteiger partial charge in [0.2, 0.25) is 0 Å². The average Bonchev–Trinajstić information content (AvgIpc) is 2.87. The number of H-pyrrole nitrogens is 1. The first-order valence-corrected chi connectivity index (χ1v) is 7.84. The van der Waals surface area contributed by atoms with Crippen LogP contribution < -0.4 is 14.8 Å². The Hall–Kier alpha value is -2.76. The smallest absolute Gasteiger partial charge is 0.268 e. The van der Waals surface area contributed by atoms with Crippen LogP contribution >= 0.6 is 0 Å². The summed E-state index contributed by atoms with van der Waals surface area (Å²) in [4.78, 5) is 27.0. The third-order valence-corrected chi connectivity index (χ3v) is 4.07. The Kier molecular flexibility index (Phi) is 4.29. The Bertz CT molecular complexity index is 794. The highest BCUT2D eigenvalue weighted by Crippen LogP contribution is 2.30. The minimum atomic E-state index is -0.259. The predicted octanol–water partition coefficient (Wildman–Crippen LogP) is 2.40. The van der Waals surface area contributed by atoms with Crippen LogP contribution in [0.1, 0.15) is 39.0 Å². The standard InChI is InChI=1S/C18H20N2O4/c1-10-16(12(3)21)11(2)20-17(10)18(22)19-8-13-9-23-14-6-4-5-7-15(14)24-13/h4-7,13,20H,8-9H2,1-3H3,(H,19,22)/t13-/m1/s1. The molecule has 1 atom stereocenters. The van der Waals surface area contributed by atoms with Crippen molar-refractivity contribution in [3.05, 3.63) is 46.8 Å². The highest BCUT2D eigenvalue weighted by molar-refractivity contribution is 6.02. The van der Waals surface area contributed by atoms with Crippen LogP contribution in [-0.2, 0) is 0 Å². The number of Topliss-reactive ketones (excluding diaryl/α,β-unsaturated/α-hetero) is 1. The topological polar surface area (TPSA) is 80.4 Å². The first-order valence-electron chi connectivity index (χ1n) is 7.84. The van der Waals surface area contributed by atoms with E-state index in [1.807, 2.05) is 24.3 Å². The molecule has 1 aromatic heterocycles. The van der Waals surface area contributed by atoms with E-state index in [0.717, 1.165) is 0 Å². The molecule has 1 aromatic carbocycles. The normalized spacial score (nSPS) is 15.9. The Balaban J connectivity index is 1.65. The first kappa shape index (κ1) is 16.1. The number of nitrogens with one attached hydrogen (secondary N) is 2. The fraction of sp³-hybridized carbons (Fsp3) is 0.333. The van der Waals surface area contributed by atoms with Crippen molar-refractivity contribution in [3.8, 4) is 11.5 Å². The van der Waals surface area contributed by atoms with Crippen LogP contribution in [0.15, 0.2) is 24.3 Å². The molecule has 1 aliphatic rings. The van der Waals surface area contributed by atoms with Crippen LogP contribution in [0.2, 0.25) is 0 Å². The molecule has 24 heavy (non-hydrogen) atoms. The number of benzene rings is 1. The quantitative estimate of drug-likeness (QED) is 0.845. The van der Waals surface area contributed by atoms with E-state index in [1.165, 1.54) is 6.92 Å². The third-order valence-electron chi connectivity index (χ3n) is 4.07. The molecule has 0 saturated carbocycles. The van der Waals surface area contributed by atoms with E-state index in [1.54, 1.807) is 13.8 Å². The summed E-state index contributed by atoms with van der Waals surface area (Å²) in [6.45, 7) is 5.75. The lowest BCUT2D eigenvalue weighted by molar-refractivity contribution is 0.0786. The molecule has 2 aromatic rings. The van der Waals surface area contributed by atoms with Gasteiger partial charge in [-0.2, -0.15) is 0 Å². The van der Waals surface area contributed by atoms with E-state index in [4.69, 9.17) is 9.47 Å². The zero-order chi connectivity index (χ0) is 17.3. The van der Waals surface area contributed by atoms with Gasteiger partial charge in [-0.25, -0.2) is 0 Å². The molecule has 0 spiro atoms. The molecule has 2 heterocycles. The number of aryl methyl sites for hydroxylation is 1. The van der Waals surface area contributed by atoms with Crippen molar-refractivity contribution >= 4 is 11.7 Å². The van der Waals surface area contributed by atoms with Gasteiger partial charge in [0.15, 0.2) is 17.3 Å². The second-order valence-corrected chi connectivity index (χ2v) is 5.89. The Labute approximate surface area is 140 Å². The van der Waals surface area contributed by atoms with Crippen LogP contribution in [0.25, 0.3) is 0 Å². The highest BCUT2D eigenvalue weighted by atomic mass is 16.6. The van der Waals surface area contributed by atoms with E-state index >= 15 is 0 Å². The van der Waals surface area contributed by atoms with Gasteiger partial charge < -0.3 is 19.8 Å². The van der Waals surface area contributed by atoms with Crippen LogP contribution in [0.3, 0.4) is 0 Å². The van der Waals surface area contributed by atoms with E-state index in [2.05, 4.69) is 10.3 Å². The summed E-state index contributed by atoms with van der Waals surface area (Å²) in [5, 5.41) is 2.83. The van der Waals surface area contributed by atoms with Crippen LogP contribution in [0.4, 0.5) is 0 Å². The summed E-state index contributed by atoms with van der Waals surface area (Å²) >= 11 is 0. The lowest BCUT2D eigenvalue weighted by atomic mass is 10.1. The largest absolute Gasteiger partial charge is 0.486 e. The van der Waals surface area contributed by atoms with Crippen LogP contribution in [0.5, 0.6) is 11.5 Å². The van der Waals surface area contributed by atoms with Gasteiger partial charge in [-0.15, -0.1) is 0 Å². The average molecular weight is 328 g/mol. The van der Waals surface area contributed by atoms with Crippen LogP contribution in [-0.4, -0.2) is 35.9 Å². The highest BCUT2D eigenvalue weighted by Gasteiger charge is 2.23. The number of ketones is 1. The van der Waals surface area contributed by atoms with Gasteiger partial charge in [-0.3, -0.25) is 9.59 Å². The second-order valence-electron chi connectivity index (χ2n) is 5.89. The Morgan fingerprint density at radius 2 is 1.96 bits per heavy atom. The molecule has 126 valence electrons. The van der Waals surface area contributed by atoms with E-state index in [0.29, 0.717) is 47.2 Å². The Morgan fingerprint density at radius 3 is 2.62 bits per heavy atom. The number of hydrogen-bond donors (Lipinski definition) is 2. The van der Waals surface area contributed by atoms with E-state index < -0.39 is 0 Å². The minimum Gasteiger partial charge on any atom is -0.486 e. The summed E-state index contributed by atoms with van der Waals surface area (Å²) in [5.74, 6) is 1.07. The van der Waals surface area contributed by atoms with Gasteiger partial charge in [-0.1, -0.05) is 12.1 Å². The molecule has 2 N–H and O–H groups in total. The number of aromatic nitrogens is 1.